The zero-order valence-electron chi connectivity index (χ0n) is 38.9. The van der Waals surface area contributed by atoms with Crippen molar-refractivity contribution in [3.63, 3.8) is 0 Å². The topological polar surface area (TPSA) is 28.1 Å². The van der Waals surface area contributed by atoms with Crippen LogP contribution in [-0.4, -0.2) is 4.98 Å². The maximum absolute atomic E-state index is 5.17. The van der Waals surface area contributed by atoms with Crippen LogP contribution < -0.4 is 21.1 Å². The predicted octanol–water partition coefficient (Wildman–Crippen LogP) is 15.0. The van der Waals surface area contributed by atoms with Crippen molar-refractivity contribution in [1.82, 2.24) is 4.98 Å². The van der Waals surface area contributed by atoms with E-state index >= 15 is 0 Å². The molecule has 1 aliphatic heterocycles. The number of hydrogen-bond acceptors (Lipinski definition) is 1. The van der Waals surface area contributed by atoms with Crippen molar-refractivity contribution in [3.8, 4) is 0 Å². The number of unbranched alkanes of at least 4 members (excludes halogenated alkanes) is 14. The van der Waals surface area contributed by atoms with E-state index in [0.29, 0.717) is 0 Å². The van der Waals surface area contributed by atoms with E-state index < -0.39 is 0 Å². The van der Waals surface area contributed by atoms with Gasteiger partial charge in [-0.15, -0.1) is 24.0 Å². The third-order valence-electron chi connectivity index (χ3n) is 13.8. The molecule has 0 saturated heterocycles. The molecule has 3 heteroatoms. The van der Waals surface area contributed by atoms with Crippen LogP contribution in [0.2, 0.25) is 0 Å². The lowest BCUT2D eigenvalue weighted by molar-refractivity contribution is 0.561. The van der Waals surface area contributed by atoms with Gasteiger partial charge in [0.1, 0.15) is 0 Å². The van der Waals surface area contributed by atoms with Crippen LogP contribution >= 0.6 is 24.0 Å². The quantitative estimate of drug-likeness (QED) is 0.0814. The first-order valence-electron chi connectivity index (χ1n) is 24.5. The van der Waals surface area contributed by atoms with E-state index in [9.17, 15) is 0 Å². The Labute approximate surface area is 386 Å². The summed E-state index contributed by atoms with van der Waals surface area (Å²) in [6.07, 6.45) is 44.6. The van der Waals surface area contributed by atoms with Crippen LogP contribution in [0.1, 0.15) is 176 Å². The van der Waals surface area contributed by atoms with Crippen LogP contribution in [0, 0.1) is 10.8 Å². The largest absolute Gasteiger partial charge is 0.355 e. The van der Waals surface area contributed by atoms with Gasteiger partial charge in [-0.25, -0.2) is 4.99 Å². The molecule has 1 N–H and O–H groups in total. The summed E-state index contributed by atoms with van der Waals surface area (Å²) in [6, 6.07) is 17.7. The van der Waals surface area contributed by atoms with E-state index in [4.69, 9.17) is 4.99 Å². The minimum absolute atomic E-state index is 0. The second-order valence-electron chi connectivity index (χ2n) is 19.6. The number of benzene rings is 2. The van der Waals surface area contributed by atoms with Gasteiger partial charge in [-0.1, -0.05) is 204 Å². The zero-order valence-corrected chi connectivity index (χ0v) is 41.2. The van der Waals surface area contributed by atoms with Crippen molar-refractivity contribution in [2.45, 2.75) is 176 Å². The molecule has 0 spiro atoms. The Bertz CT molecular complexity index is 2430. The van der Waals surface area contributed by atoms with Gasteiger partial charge in [0.15, 0.2) is 0 Å². The number of allylic oxidation sites excluding steroid dienone is 11. The molecule has 0 amide bonds. The molecule has 3 aromatic rings. The van der Waals surface area contributed by atoms with Gasteiger partial charge in [-0.2, -0.15) is 0 Å². The molecule has 2 nitrogen and oxygen atoms in total. The van der Waals surface area contributed by atoms with E-state index in [1.807, 2.05) is 0 Å². The van der Waals surface area contributed by atoms with E-state index in [-0.39, 0.29) is 34.8 Å². The van der Waals surface area contributed by atoms with E-state index in [2.05, 4.69) is 138 Å². The Morgan fingerprint density at radius 2 is 1.26 bits per heavy atom. The first-order valence-corrected chi connectivity index (χ1v) is 24.5. The lowest BCUT2D eigenvalue weighted by atomic mass is 9.72. The van der Waals surface area contributed by atoms with Crippen molar-refractivity contribution >= 4 is 52.1 Å². The van der Waals surface area contributed by atoms with Crippen molar-refractivity contribution in [2.24, 2.45) is 15.8 Å². The number of rotatable bonds is 21. The van der Waals surface area contributed by atoms with Crippen LogP contribution in [0.15, 0.2) is 124 Å². The Kier molecular flexibility index (Phi) is 17.2. The molecule has 3 aliphatic carbocycles. The summed E-state index contributed by atoms with van der Waals surface area (Å²) in [5.74, 6) is 0. The highest BCUT2D eigenvalue weighted by molar-refractivity contribution is 14.0. The van der Waals surface area contributed by atoms with Crippen LogP contribution in [-0.2, 0) is 0 Å². The van der Waals surface area contributed by atoms with Gasteiger partial charge in [0.05, 0.1) is 11.1 Å². The molecule has 0 saturated carbocycles. The standard InChI is InChI=1S/C58H76N2.HI/c1-7-9-11-13-15-17-19-21-30-45-49(57(3,4)41-53-55(45)47-32-23-25-34-51(47)59-53)38-36-43-28-27-29-44(40-43)37-39-50-46(31-22-20-18-16-14-12-10-8-2)56-48-33-24-26-35-52(48)60-54(56)42-58(50,5)6;/h23-26,32-42,59H,7-22,27-31H2,1-6H3;1H. The normalized spacial score (nSPS) is 19.1. The van der Waals surface area contributed by atoms with Crippen LogP contribution in [0.5, 0.6) is 0 Å². The molecule has 1 aromatic heterocycles. The maximum atomic E-state index is 5.17. The zero-order chi connectivity index (χ0) is 42.0. The lowest BCUT2D eigenvalue weighted by Crippen LogP contribution is -2.35. The van der Waals surface area contributed by atoms with Gasteiger partial charge in [0.2, 0.25) is 0 Å². The fourth-order valence-corrected chi connectivity index (χ4v) is 10.6. The molecule has 326 valence electrons. The van der Waals surface area contributed by atoms with E-state index in [1.165, 1.54) is 175 Å². The van der Waals surface area contributed by atoms with Gasteiger partial charge in [-0.05, 0) is 96.6 Å². The maximum Gasteiger partial charge on any atom is 0.0716 e. The van der Waals surface area contributed by atoms with Gasteiger partial charge >= 0.3 is 0 Å². The number of halogens is 1. The highest BCUT2D eigenvalue weighted by atomic mass is 127. The Hall–Kier alpha value is -3.44. The average Bonchev–Trinajstić information content (AvgIpc) is 3.78. The average molecular weight is 929 g/mol. The number of para-hydroxylation sites is 2. The number of aromatic nitrogens is 1. The van der Waals surface area contributed by atoms with Crippen LogP contribution in [0.3, 0.4) is 0 Å². The second kappa shape index (κ2) is 22.3. The summed E-state index contributed by atoms with van der Waals surface area (Å²) in [5, 5.41) is 6.57. The molecule has 0 atom stereocenters. The molecule has 0 radical (unpaired) electrons. The third kappa shape index (κ3) is 11.6. The molecule has 2 heterocycles. The molecule has 2 aromatic carbocycles. The molecular weight excluding hydrogens is 852 g/mol. The highest BCUT2D eigenvalue weighted by Crippen LogP contribution is 2.45. The van der Waals surface area contributed by atoms with Gasteiger partial charge in [-0.3, -0.25) is 0 Å². The number of aromatic amines is 1. The van der Waals surface area contributed by atoms with Gasteiger partial charge in [0.25, 0.3) is 0 Å². The summed E-state index contributed by atoms with van der Waals surface area (Å²) >= 11 is 0. The summed E-state index contributed by atoms with van der Waals surface area (Å²) in [6.45, 7) is 14.3. The third-order valence-corrected chi connectivity index (χ3v) is 13.8. The summed E-state index contributed by atoms with van der Waals surface area (Å²) in [5.41, 5.74) is 12.6. The van der Waals surface area contributed by atoms with Crippen LogP contribution in [0.25, 0.3) is 28.1 Å². The second-order valence-corrected chi connectivity index (χ2v) is 19.6. The summed E-state index contributed by atoms with van der Waals surface area (Å²) in [4.78, 5) is 8.98. The van der Waals surface area contributed by atoms with Gasteiger partial charge in [0, 0.05) is 43.1 Å². The van der Waals surface area contributed by atoms with E-state index in [1.54, 1.807) is 5.57 Å². The highest BCUT2D eigenvalue weighted by Gasteiger charge is 2.33. The van der Waals surface area contributed by atoms with Crippen molar-refractivity contribution in [3.05, 3.63) is 140 Å². The fourth-order valence-electron chi connectivity index (χ4n) is 10.6. The SMILES string of the molecule is CCCCCCCCCCC1=C(C=CC2=CC(=CC=C3C(CCCCCCCCCC)=c4c([nH]c5ccccc45)=CC3(C)C)CCC2)C(C)(C)C=C2N=c3ccccc3=C21.I. The van der Waals surface area contributed by atoms with Crippen molar-refractivity contribution in [1.29, 1.82) is 0 Å². The molecule has 0 bridgehead atoms. The number of fused-ring (bicyclic) bond motifs is 5. The smallest absolute Gasteiger partial charge is 0.0716 e. The fraction of sp³-hybridized carbons (Fsp3) is 0.500. The van der Waals surface area contributed by atoms with Crippen LogP contribution in [0.4, 0.5) is 0 Å². The number of hydrogen-bond donors (Lipinski definition) is 1. The molecule has 4 aliphatic rings. The minimum Gasteiger partial charge on any atom is -0.355 e. The first kappa shape index (κ1) is 47.0. The monoisotopic (exact) mass is 929 g/mol. The number of nitrogens with one attached hydrogen (secondary N) is 1. The summed E-state index contributed by atoms with van der Waals surface area (Å²) < 4.78 is 0. The van der Waals surface area contributed by atoms with Crippen molar-refractivity contribution < 1.29 is 0 Å². The molecule has 0 fully saturated rings. The Morgan fingerprint density at radius 1 is 0.639 bits per heavy atom. The minimum atomic E-state index is -0.0831. The molecule has 61 heavy (non-hydrogen) atoms. The number of H-pyrrole nitrogens is 1. The lowest BCUT2D eigenvalue weighted by Gasteiger charge is -2.32. The molecular formula is C58H77IN2. The van der Waals surface area contributed by atoms with Gasteiger partial charge < -0.3 is 4.98 Å². The van der Waals surface area contributed by atoms with Crippen molar-refractivity contribution in [2.75, 3.05) is 0 Å². The Morgan fingerprint density at radius 3 is 1.97 bits per heavy atom. The predicted molar refractivity (Wildman–Crippen MR) is 276 cm³/mol. The van der Waals surface area contributed by atoms with E-state index in [0.717, 1.165) is 31.0 Å². The number of nitrogens with zero attached hydrogens (tertiary/aromatic N) is 1. The molecule has 0 unspecified atom stereocenters. The molecule has 7 rings (SSSR count). The Balaban J connectivity index is 0.00000622. The summed E-state index contributed by atoms with van der Waals surface area (Å²) in [7, 11) is 0. The first-order chi connectivity index (χ1) is 29.2.